The summed E-state index contributed by atoms with van der Waals surface area (Å²) in [7, 11) is 0. The summed E-state index contributed by atoms with van der Waals surface area (Å²) in [6.45, 7) is 3.86. The van der Waals surface area contributed by atoms with Gasteiger partial charge in [0.2, 0.25) is 5.91 Å². The van der Waals surface area contributed by atoms with E-state index in [1.54, 1.807) is 0 Å². The lowest BCUT2D eigenvalue weighted by atomic mass is 9.98. The second-order valence-electron chi connectivity index (χ2n) is 4.94. The van der Waals surface area contributed by atoms with Gasteiger partial charge in [0, 0.05) is 6.04 Å². The summed E-state index contributed by atoms with van der Waals surface area (Å²) < 4.78 is 0. The summed E-state index contributed by atoms with van der Waals surface area (Å²) in [4.78, 5) is 23.2. The number of carbonyl (C=O) groups excluding carboxylic acids is 2. The minimum Gasteiger partial charge on any atom is -0.352 e. The van der Waals surface area contributed by atoms with Crippen LogP contribution in [0.4, 0.5) is 4.79 Å². The maximum absolute atomic E-state index is 12.1. The standard InChI is InChI=1S/C12H23N3O3/c1-3-8(2)10(14-12(17)15-18)11(16)13-9-6-4-5-7-9/h8-10,18H,3-7H2,1-2H3,(H,13,16)(H2,14,15,17). The molecule has 1 fully saturated rings. The van der Waals surface area contributed by atoms with Crippen molar-refractivity contribution < 1.29 is 14.8 Å². The first-order chi connectivity index (χ1) is 8.58. The molecule has 104 valence electrons. The third-order valence-electron chi connectivity index (χ3n) is 3.59. The van der Waals surface area contributed by atoms with Gasteiger partial charge in [-0.25, -0.2) is 10.3 Å². The molecule has 0 saturated heterocycles. The summed E-state index contributed by atoms with van der Waals surface area (Å²) in [5, 5.41) is 13.9. The first-order valence-corrected chi connectivity index (χ1v) is 6.59. The van der Waals surface area contributed by atoms with Crippen LogP contribution in [0.1, 0.15) is 46.0 Å². The SMILES string of the molecule is CCC(C)C(NC(=O)NO)C(=O)NC1CCCC1. The van der Waals surface area contributed by atoms with Crippen LogP contribution >= 0.6 is 0 Å². The molecule has 2 atom stereocenters. The van der Waals surface area contributed by atoms with Gasteiger partial charge in [0.15, 0.2) is 0 Å². The van der Waals surface area contributed by atoms with Crippen LogP contribution < -0.4 is 16.1 Å². The molecule has 0 spiro atoms. The van der Waals surface area contributed by atoms with Crippen LogP contribution in [0.5, 0.6) is 0 Å². The van der Waals surface area contributed by atoms with Gasteiger partial charge < -0.3 is 10.6 Å². The van der Waals surface area contributed by atoms with Gasteiger partial charge in [0.25, 0.3) is 0 Å². The highest BCUT2D eigenvalue weighted by Crippen LogP contribution is 2.18. The number of carbonyl (C=O) groups is 2. The van der Waals surface area contributed by atoms with Gasteiger partial charge in [0.1, 0.15) is 6.04 Å². The van der Waals surface area contributed by atoms with Crippen LogP contribution in [0, 0.1) is 5.92 Å². The van der Waals surface area contributed by atoms with E-state index in [2.05, 4.69) is 10.6 Å². The predicted molar refractivity (Wildman–Crippen MR) is 67.1 cm³/mol. The van der Waals surface area contributed by atoms with E-state index in [-0.39, 0.29) is 17.9 Å². The summed E-state index contributed by atoms with van der Waals surface area (Å²) in [6, 6.07) is -1.13. The van der Waals surface area contributed by atoms with E-state index in [0.29, 0.717) is 0 Å². The lowest BCUT2D eigenvalue weighted by Crippen LogP contribution is -2.54. The molecule has 1 saturated carbocycles. The fourth-order valence-corrected chi connectivity index (χ4v) is 2.24. The van der Waals surface area contributed by atoms with Gasteiger partial charge in [-0.1, -0.05) is 33.1 Å². The fraction of sp³-hybridized carbons (Fsp3) is 0.833. The molecular weight excluding hydrogens is 234 g/mol. The highest BCUT2D eigenvalue weighted by molar-refractivity contribution is 5.87. The third kappa shape index (κ3) is 4.18. The van der Waals surface area contributed by atoms with Crippen molar-refractivity contribution in [3.8, 4) is 0 Å². The Morgan fingerprint density at radius 2 is 1.94 bits per heavy atom. The van der Waals surface area contributed by atoms with Crippen molar-refractivity contribution in [2.75, 3.05) is 0 Å². The molecule has 0 aromatic rings. The Labute approximate surface area is 107 Å². The number of amides is 3. The zero-order valence-corrected chi connectivity index (χ0v) is 11.0. The molecule has 1 aliphatic rings. The van der Waals surface area contributed by atoms with Gasteiger partial charge in [-0.15, -0.1) is 0 Å². The average Bonchev–Trinajstić information content (AvgIpc) is 2.87. The van der Waals surface area contributed by atoms with Crippen molar-refractivity contribution in [1.29, 1.82) is 0 Å². The zero-order valence-electron chi connectivity index (χ0n) is 11.0. The Bertz CT molecular complexity index is 290. The molecule has 0 heterocycles. The molecule has 0 radical (unpaired) electrons. The summed E-state index contributed by atoms with van der Waals surface area (Å²) in [5.41, 5.74) is 1.49. The predicted octanol–water partition coefficient (Wildman–Crippen LogP) is 1.15. The summed E-state index contributed by atoms with van der Waals surface area (Å²) in [6.07, 6.45) is 5.07. The molecule has 6 nitrogen and oxygen atoms in total. The van der Waals surface area contributed by atoms with E-state index in [4.69, 9.17) is 5.21 Å². The van der Waals surface area contributed by atoms with E-state index in [1.807, 2.05) is 13.8 Å². The molecule has 2 unspecified atom stereocenters. The third-order valence-corrected chi connectivity index (χ3v) is 3.59. The Morgan fingerprint density at radius 1 is 1.33 bits per heavy atom. The highest BCUT2D eigenvalue weighted by Gasteiger charge is 2.28. The number of nitrogens with one attached hydrogen (secondary N) is 3. The number of rotatable bonds is 5. The molecule has 0 aromatic carbocycles. The van der Waals surface area contributed by atoms with Crippen LogP contribution in [0.15, 0.2) is 0 Å². The monoisotopic (exact) mass is 257 g/mol. The quantitative estimate of drug-likeness (QED) is 0.440. The largest absolute Gasteiger partial charge is 0.352 e. The number of hydrogen-bond donors (Lipinski definition) is 4. The van der Waals surface area contributed by atoms with E-state index < -0.39 is 12.1 Å². The number of urea groups is 1. The van der Waals surface area contributed by atoms with Gasteiger partial charge >= 0.3 is 6.03 Å². The molecule has 3 amide bonds. The molecule has 0 aliphatic heterocycles. The van der Waals surface area contributed by atoms with E-state index in [9.17, 15) is 9.59 Å². The smallest absolute Gasteiger partial charge is 0.339 e. The van der Waals surface area contributed by atoms with Gasteiger partial charge in [0.05, 0.1) is 0 Å². The van der Waals surface area contributed by atoms with Gasteiger partial charge in [-0.3, -0.25) is 10.0 Å². The second kappa shape index (κ2) is 7.20. The first-order valence-electron chi connectivity index (χ1n) is 6.59. The number of hydrogen-bond acceptors (Lipinski definition) is 3. The Morgan fingerprint density at radius 3 is 2.44 bits per heavy atom. The van der Waals surface area contributed by atoms with Crippen LogP contribution in [0.2, 0.25) is 0 Å². The van der Waals surface area contributed by atoms with Crippen molar-refractivity contribution in [3.63, 3.8) is 0 Å². The van der Waals surface area contributed by atoms with Crippen LogP contribution in [0.25, 0.3) is 0 Å². The minimum absolute atomic E-state index is 0.0173. The molecule has 4 N–H and O–H groups in total. The normalized spacial score (nSPS) is 19.1. The van der Waals surface area contributed by atoms with E-state index in [1.165, 1.54) is 5.48 Å². The number of hydroxylamine groups is 1. The maximum atomic E-state index is 12.1. The highest BCUT2D eigenvalue weighted by atomic mass is 16.5. The van der Waals surface area contributed by atoms with Crippen LogP contribution in [-0.4, -0.2) is 29.2 Å². The molecule has 1 rings (SSSR count). The molecule has 18 heavy (non-hydrogen) atoms. The lowest BCUT2D eigenvalue weighted by Gasteiger charge is -2.24. The molecular formula is C12H23N3O3. The maximum Gasteiger partial charge on any atom is 0.339 e. The molecule has 6 heteroatoms. The van der Waals surface area contributed by atoms with Crippen molar-refractivity contribution >= 4 is 11.9 Å². The van der Waals surface area contributed by atoms with Crippen molar-refractivity contribution in [3.05, 3.63) is 0 Å². The zero-order chi connectivity index (χ0) is 13.5. The van der Waals surface area contributed by atoms with E-state index in [0.717, 1.165) is 32.1 Å². The molecule has 0 aromatic heterocycles. The first kappa shape index (κ1) is 14.8. The Balaban J connectivity index is 2.56. The minimum atomic E-state index is -0.748. The Hall–Kier alpha value is -1.30. The van der Waals surface area contributed by atoms with Gasteiger partial charge in [-0.05, 0) is 18.8 Å². The summed E-state index contributed by atoms with van der Waals surface area (Å²) >= 11 is 0. The lowest BCUT2D eigenvalue weighted by molar-refractivity contribution is -0.124. The van der Waals surface area contributed by atoms with Crippen molar-refractivity contribution in [2.45, 2.75) is 58.0 Å². The molecule has 1 aliphatic carbocycles. The van der Waals surface area contributed by atoms with Crippen molar-refractivity contribution in [2.24, 2.45) is 5.92 Å². The van der Waals surface area contributed by atoms with Crippen LogP contribution in [-0.2, 0) is 4.79 Å². The molecule has 0 bridgehead atoms. The summed E-state index contributed by atoms with van der Waals surface area (Å²) in [5.74, 6) is -0.149. The average molecular weight is 257 g/mol. The van der Waals surface area contributed by atoms with Crippen LogP contribution in [0.3, 0.4) is 0 Å². The fourth-order valence-electron chi connectivity index (χ4n) is 2.24. The van der Waals surface area contributed by atoms with E-state index >= 15 is 0 Å². The topological polar surface area (TPSA) is 90.5 Å². The Kier molecular flexibility index (Phi) is 5.91. The van der Waals surface area contributed by atoms with Gasteiger partial charge in [-0.2, -0.15) is 0 Å². The van der Waals surface area contributed by atoms with Crippen molar-refractivity contribution in [1.82, 2.24) is 16.1 Å². The second-order valence-corrected chi connectivity index (χ2v) is 4.94.